The summed E-state index contributed by atoms with van der Waals surface area (Å²) in [7, 11) is 0. The topological polar surface area (TPSA) is 84.2 Å². The van der Waals surface area contributed by atoms with E-state index in [4.69, 9.17) is 4.42 Å². The second-order valence-corrected chi connectivity index (χ2v) is 7.97. The van der Waals surface area contributed by atoms with Crippen molar-refractivity contribution in [3.05, 3.63) is 88.8 Å². The molecule has 0 saturated carbocycles. The van der Waals surface area contributed by atoms with Crippen LogP contribution in [0, 0.1) is 6.92 Å². The van der Waals surface area contributed by atoms with Gasteiger partial charge in [-0.05, 0) is 49.4 Å². The smallest absolute Gasteiger partial charge is 0.416 e. The standard InChI is InChI=1S/C23H16F3N3O3S/c1-13-19(33-22(27-13)14-7-9-15(10-8-14)23(24,25)26)21(31)29-17-5-2-4-16(12-17)28-20(30)18-6-3-11-32-18/h2-12H,1H3,(H,28,30)(H,29,31). The lowest BCUT2D eigenvalue weighted by Gasteiger charge is -2.08. The Morgan fingerprint density at radius 2 is 1.61 bits per heavy atom. The number of nitrogens with one attached hydrogen (secondary N) is 2. The quantitative estimate of drug-likeness (QED) is 0.361. The van der Waals surface area contributed by atoms with E-state index in [9.17, 15) is 22.8 Å². The normalized spacial score (nSPS) is 11.3. The van der Waals surface area contributed by atoms with Crippen LogP contribution >= 0.6 is 11.3 Å². The van der Waals surface area contributed by atoms with Gasteiger partial charge in [0.25, 0.3) is 11.8 Å². The Morgan fingerprint density at radius 3 is 2.21 bits per heavy atom. The van der Waals surface area contributed by atoms with E-state index in [2.05, 4.69) is 15.6 Å². The molecule has 4 aromatic rings. The van der Waals surface area contributed by atoms with Crippen LogP contribution in [0.2, 0.25) is 0 Å². The Hall–Kier alpha value is -3.92. The molecular formula is C23H16F3N3O3S. The minimum atomic E-state index is -4.42. The third-order valence-electron chi connectivity index (χ3n) is 4.59. The van der Waals surface area contributed by atoms with E-state index in [-0.39, 0.29) is 5.76 Å². The van der Waals surface area contributed by atoms with Crippen molar-refractivity contribution >= 4 is 34.5 Å². The SMILES string of the molecule is Cc1nc(-c2ccc(C(F)(F)F)cc2)sc1C(=O)Nc1cccc(NC(=O)c2ccco2)c1. The van der Waals surface area contributed by atoms with Crippen molar-refractivity contribution in [2.24, 2.45) is 0 Å². The average molecular weight is 471 g/mol. The van der Waals surface area contributed by atoms with E-state index in [0.717, 1.165) is 23.5 Å². The Morgan fingerprint density at radius 1 is 0.939 bits per heavy atom. The fourth-order valence-corrected chi connectivity index (χ4v) is 3.96. The number of hydrogen-bond acceptors (Lipinski definition) is 5. The van der Waals surface area contributed by atoms with Crippen molar-refractivity contribution < 1.29 is 27.2 Å². The predicted octanol–water partition coefficient (Wildman–Crippen LogP) is 6.23. The average Bonchev–Trinajstić information content (AvgIpc) is 3.44. The highest BCUT2D eigenvalue weighted by Gasteiger charge is 2.30. The van der Waals surface area contributed by atoms with E-state index in [1.54, 1.807) is 37.3 Å². The summed E-state index contributed by atoms with van der Waals surface area (Å²) in [6.07, 6.45) is -3.03. The number of anilines is 2. The molecule has 2 N–H and O–H groups in total. The van der Waals surface area contributed by atoms with Gasteiger partial charge >= 0.3 is 6.18 Å². The number of aryl methyl sites for hydroxylation is 1. The highest BCUT2D eigenvalue weighted by atomic mass is 32.1. The van der Waals surface area contributed by atoms with Crippen molar-refractivity contribution in [2.45, 2.75) is 13.1 Å². The molecule has 10 heteroatoms. The first-order chi connectivity index (χ1) is 15.7. The number of halogens is 3. The summed E-state index contributed by atoms with van der Waals surface area (Å²) >= 11 is 1.08. The van der Waals surface area contributed by atoms with E-state index >= 15 is 0 Å². The second kappa shape index (κ2) is 8.91. The largest absolute Gasteiger partial charge is 0.459 e. The molecular weight excluding hydrogens is 455 g/mol. The molecule has 2 aromatic carbocycles. The molecule has 0 unspecified atom stereocenters. The van der Waals surface area contributed by atoms with Crippen molar-refractivity contribution in [3.63, 3.8) is 0 Å². The Kier molecular flexibility index (Phi) is 6.01. The molecule has 0 saturated heterocycles. The Bertz CT molecular complexity index is 1300. The number of carbonyl (C=O) groups is 2. The zero-order valence-electron chi connectivity index (χ0n) is 17.1. The van der Waals surface area contributed by atoms with Crippen LogP contribution in [0.4, 0.5) is 24.5 Å². The third-order valence-corrected chi connectivity index (χ3v) is 5.79. The number of alkyl halides is 3. The summed E-state index contributed by atoms with van der Waals surface area (Å²) in [4.78, 5) is 29.6. The second-order valence-electron chi connectivity index (χ2n) is 6.98. The maximum atomic E-state index is 12.8. The van der Waals surface area contributed by atoms with Crippen LogP contribution in [-0.4, -0.2) is 16.8 Å². The van der Waals surface area contributed by atoms with Gasteiger partial charge in [0.1, 0.15) is 9.88 Å². The predicted molar refractivity (Wildman–Crippen MR) is 118 cm³/mol. The molecule has 0 atom stereocenters. The van der Waals surface area contributed by atoms with Gasteiger partial charge in [-0.15, -0.1) is 11.3 Å². The molecule has 2 aromatic heterocycles. The molecule has 0 radical (unpaired) electrons. The van der Waals surface area contributed by atoms with E-state index in [1.165, 1.54) is 24.5 Å². The highest BCUT2D eigenvalue weighted by molar-refractivity contribution is 7.17. The van der Waals surface area contributed by atoms with Crippen LogP contribution in [0.3, 0.4) is 0 Å². The number of benzene rings is 2. The maximum Gasteiger partial charge on any atom is 0.416 e. The van der Waals surface area contributed by atoms with Gasteiger partial charge in [0.15, 0.2) is 5.76 Å². The van der Waals surface area contributed by atoms with Gasteiger partial charge < -0.3 is 15.1 Å². The van der Waals surface area contributed by atoms with Gasteiger partial charge in [0.05, 0.1) is 17.5 Å². The Balaban J connectivity index is 1.48. The van der Waals surface area contributed by atoms with E-state index in [0.29, 0.717) is 32.5 Å². The number of thiazole rings is 1. The molecule has 0 aliphatic heterocycles. The number of carbonyl (C=O) groups excluding carboxylic acids is 2. The monoisotopic (exact) mass is 471 g/mol. The number of aromatic nitrogens is 1. The van der Waals surface area contributed by atoms with Crippen LogP contribution in [0.15, 0.2) is 71.3 Å². The lowest BCUT2D eigenvalue weighted by Crippen LogP contribution is -2.13. The lowest BCUT2D eigenvalue weighted by atomic mass is 10.1. The third kappa shape index (κ3) is 5.12. The molecule has 4 rings (SSSR count). The number of hydrogen-bond donors (Lipinski definition) is 2. The van der Waals surface area contributed by atoms with Crippen LogP contribution in [0.25, 0.3) is 10.6 Å². The first-order valence-corrected chi connectivity index (χ1v) is 10.4. The summed E-state index contributed by atoms with van der Waals surface area (Å²) in [5.74, 6) is -0.693. The number of rotatable bonds is 5. The summed E-state index contributed by atoms with van der Waals surface area (Å²) < 4.78 is 43.4. The summed E-state index contributed by atoms with van der Waals surface area (Å²) in [6, 6.07) is 14.3. The lowest BCUT2D eigenvalue weighted by molar-refractivity contribution is -0.137. The van der Waals surface area contributed by atoms with Gasteiger partial charge in [-0.25, -0.2) is 4.98 Å². The maximum absolute atomic E-state index is 12.8. The van der Waals surface area contributed by atoms with Gasteiger partial charge in [0, 0.05) is 16.9 Å². The van der Waals surface area contributed by atoms with Crippen molar-refractivity contribution in [3.8, 4) is 10.6 Å². The molecule has 2 amide bonds. The number of amides is 2. The Labute approximate surface area is 190 Å². The molecule has 0 aliphatic carbocycles. The minimum absolute atomic E-state index is 0.153. The summed E-state index contributed by atoms with van der Waals surface area (Å²) in [5, 5.41) is 5.86. The number of furan rings is 1. The van der Waals surface area contributed by atoms with Crippen LogP contribution in [0.1, 0.15) is 31.5 Å². The van der Waals surface area contributed by atoms with Crippen molar-refractivity contribution in [1.82, 2.24) is 4.98 Å². The van der Waals surface area contributed by atoms with Gasteiger partial charge in [-0.1, -0.05) is 18.2 Å². The molecule has 168 valence electrons. The fraction of sp³-hybridized carbons (Fsp3) is 0.0870. The molecule has 33 heavy (non-hydrogen) atoms. The van der Waals surface area contributed by atoms with Crippen molar-refractivity contribution in [2.75, 3.05) is 10.6 Å². The first-order valence-electron chi connectivity index (χ1n) is 9.62. The molecule has 2 heterocycles. The molecule has 6 nitrogen and oxygen atoms in total. The summed E-state index contributed by atoms with van der Waals surface area (Å²) in [6.45, 7) is 1.65. The van der Waals surface area contributed by atoms with Crippen LogP contribution < -0.4 is 10.6 Å². The van der Waals surface area contributed by atoms with Crippen LogP contribution in [0.5, 0.6) is 0 Å². The van der Waals surface area contributed by atoms with Gasteiger partial charge in [-0.3, -0.25) is 9.59 Å². The molecule has 0 aliphatic rings. The minimum Gasteiger partial charge on any atom is -0.459 e. The molecule has 0 spiro atoms. The number of nitrogens with zero attached hydrogens (tertiary/aromatic N) is 1. The highest BCUT2D eigenvalue weighted by Crippen LogP contribution is 2.33. The van der Waals surface area contributed by atoms with E-state index < -0.39 is 23.6 Å². The van der Waals surface area contributed by atoms with Crippen LogP contribution in [-0.2, 0) is 6.18 Å². The summed E-state index contributed by atoms with van der Waals surface area (Å²) in [5.41, 5.74) is 1.09. The molecule has 0 fully saturated rings. The van der Waals surface area contributed by atoms with E-state index in [1.807, 2.05) is 0 Å². The zero-order valence-corrected chi connectivity index (χ0v) is 17.9. The van der Waals surface area contributed by atoms with Gasteiger partial charge in [-0.2, -0.15) is 13.2 Å². The fourth-order valence-electron chi connectivity index (χ4n) is 3.00. The van der Waals surface area contributed by atoms with Gasteiger partial charge in [0.2, 0.25) is 0 Å². The first kappa shape index (κ1) is 22.3. The van der Waals surface area contributed by atoms with Crippen molar-refractivity contribution in [1.29, 1.82) is 0 Å². The molecule has 0 bridgehead atoms. The zero-order chi connectivity index (χ0) is 23.6.